The molecule has 1 unspecified atom stereocenters. The number of nitrogens with zero attached hydrogens (tertiary/aromatic N) is 2. The van der Waals surface area contributed by atoms with E-state index in [-0.39, 0.29) is 6.04 Å². The normalized spacial score (nSPS) is 19.6. The van der Waals surface area contributed by atoms with Crippen LogP contribution in [0.1, 0.15) is 11.6 Å². The number of nitrogens with one attached hydrogen (secondary N) is 1. The fraction of sp³-hybridized carbons (Fsp3) is 0.538. The third kappa shape index (κ3) is 4.05. The first-order valence-corrected chi connectivity index (χ1v) is 7.20. The van der Waals surface area contributed by atoms with Crippen LogP contribution in [0.25, 0.3) is 0 Å². The van der Waals surface area contributed by atoms with E-state index in [0.29, 0.717) is 16.6 Å². The van der Waals surface area contributed by atoms with Crippen molar-refractivity contribution in [2.24, 2.45) is 5.73 Å². The average molecular weight is 303 g/mol. The molecule has 0 aliphatic carbocycles. The van der Waals surface area contributed by atoms with Crippen molar-refractivity contribution >= 4 is 23.2 Å². The lowest BCUT2D eigenvalue weighted by atomic mass is 10.1. The molecule has 0 saturated carbocycles. The van der Waals surface area contributed by atoms with Gasteiger partial charge in [0.15, 0.2) is 0 Å². The molecule has 1 heterocycles. The minimum Gasteiger partial charge on any atom is -0.329 e. The lowest BCUT2D eigenvalue weighted by Crippen LogP contribution is -2.52. The highest BCUT2D eigenvalue weighted by molar-refractivity contribution is 6.33. The SMILES string of the molecule is CN1CCN(NC(CN)c2cc(Cl)ccc2Cl)CC1. The second kappa shape index (κ2) is 6.88. The first kappa shape index (κ1) is 15.0. The Hall–Kier alpha value is -0.360. The van der Waals surface area contributed by atoms with Crippen molar-refractivity contribution in [2.75, 3.05) is 39.8 Å². The molecule has 1 atom stereocenters. The van der Waals surface area contributed by atoms with Crippen LogP contribution in [-0.4, -0.2) is 49.7 Å². The van der Waals surface area contributed by atoms with E-state index in [1.165, 1.54) is 0 Å². The molecule has 1 aliphatic rings. The van der Waals surface area contributed by atoms with E-state index >= 15 is 0 Å². The van der Waals surface area contributed by atoms with Crippen LogP contribution in [-0.2, 0) is 0 Å². The molecule has 1 fully saturated rings. The van der Waals surface area contributed by atoms with Crippen LogP contribution >= 0.6 is 23.2 Å². The molecule has 0 amide bonds. The van der Waals surface area contributed by atoms with Gasteiger partial charge in [-0.05, 0) is 30.8 Å². The number of hydrogen-bond donors (Lipinski definition) is 2. The summed E-state index contributed by atoms with van der Waals surface area (Å²) in [5.41, 5.74) is 10.3. The second-order valence-corrected chi connectivity index (χ2v) is 5.72. The van der Waals surface area contributed by atoms with Gasteiger partial charge in [-0.2, -0.15) is 0 Å². The molecule has 19 heavy (non-hydrogen) atoms. The Balaban J connectivity index is 2.05. The Morgan fingerprint density at radius 2 is 1.95 bits per heavy atom. The molecule has 106 valence electrons. The summed E-state index contributed by atoms with van der Waals surface area (Å²) < 4.78 is 0. The molecule has 1 saturated heterocycles. The van der Waals surface area contributed by atoms with E-state index in [4.69, 9.17) is 28.9 Å². The fourth-order valence-electron chi connectivity index (χ4n) is 2.19. The number of benzene rings is 1. The van der Waals surface area contributed by atoms with Gasteiger partial charge in [-0.25, -0.2) is 10.4 Å². The molecule has 1 aliphatic heterocycles. The van der Waals surface area contributed by atoms with Gasteiger partial charge in [0.1, 0.15) is 0 Å². The van der Waals surface area contributed by atoms with Crippen molar-refractivity contribution in [3.8, 4) is 0 Å². The summed E-state index contributed by atoms with van der Waals surface area (Å²) in [5.74, 6) is 0. The lowest BCUT2D eigenvalue weighted by molar-refractivity contribution is 0.0880. The fourth-order valence-corrected chi connectivity index (χ4v) is 2.62. The molecule has 0 aromatic heterocycles. The van der Waals surface area contributed by atoms with Gasteiger partial charge in [-0.15, -0.1) is 0 Å². The molecule has 1 aromatic carbocycles. The monoisotopic (exact) mass is 302 g/mol. The van der Waals surface area contributed by atoms with Gasteiger partial charge in [0.2, 0.25) is 0 Å². The van der Waals surface area contributed by atoms with Gasteiger partial charge in [0.25, 0.3) is 0 Å². The van der Waals surface area contributed by atoms with Gasteiger partial charge >= 0.3 is 0 Å². The molecule has 2 rings (SSSR count). The van der Waals surface area contributed by atoms with Crippen molar-refractivity contribution in [1.82, 2.24) is 15.3 Å². The zero-order valence-electron chi connectivity index (χ0n) is 11.1. The lowest BCUT2D eigenvalue weighted by Gasteiger charge is -2.35. The van der Waals surface area contributed by atoms with Crippen LogP contribution in [0.4, 0.5) is 0 Å². The number of hydrazine groups is 1. The smallest absolute Gasteiger partial charge is 0.0602 e. The molecule has 6 heteroatoms. The summed E-state index contributed by atoms with van der Waals surface area (Å²) in [6.45, 7) is 4.53. The second-order valence-electron chi connectivity index (χ2n) is 4.87. The minimum atomic E-state index is -0.00499. The minimum absolute atomic E-state index is 0.00499. The first-order valence-electron chi connectivity index (χ1n) is 6.45. The van der Waals surface area contributed by atoms with Crippen molar-refractivity contribution in [3.05, 3.63) is 33.8 Å². The van der Waals surface area contributed by atoms with Crippen LogP contribution in [0.15, 0.2) is 18.2 Å². The molecule has 0 spiro atoms. The Morgan fingerprint density at radius 1 is 1.26 bits per heavy atom. The maximum absolute atomic E-state index is 6.23. The highest BCUT2D eigenvalue weighted by Crippen LogP contribution is 2.26. The van der Waals surface area contributed by atoms with E-state index in [0.717, 1.165) is 31.7 Å². The highest BCUT2D eigenvalue weighted by Gasteiger charge is 2.19. The Bertz CT molecular complexity index is 419. The number of likely N-dealkylation sites (N-methyl/N-ethyl adjacent to an activating group) is 1. The number of halogens is 2. The Labute approximate surface area is 124 Å². The van der Waals surface area contributed by atoms with Crippen molar-refractivity contribution in [2.45, 2.75) is 6.04 Å². The number of rotatable bonds is 4. The third-order valence-electron chi connectivity index (χ3n) is 3.41. The quantitative estimate of drug-likeness (QED) is 0.889. The van der Waals surface area contributed by atoms with E-state index < -0.39 is 0 Å². The summed E-state index contributed by atoms with van der Waals surface area (Å²) in [6.07, 6.45) is 0. The van der Waals surface area contributed by atoms with Crippen LogP contribution in [0.5, 0.6) is 0 Å². The third-order valence-corrected chi connectivity index (χ3v) is 3.99. The molecular formula is C13H20Cl2N4. The topological polar surface area (TPSA) is 44.5 Å². The predicted octanol–water partition coefficient (Wildman–Crippen LogP) is 1.75. The van der Waals surface area contributed by atoms with Crippen LogP contribution < -0.4 is 11.2 Å². The van der Waals surface area contributed by atoms with Gasteiger partial charge in [-0.1, -0.05) is 23.2 Å². The molecule has 3 N–H and O–H groups in total. The predicted molar refractivity (Wildman–Crippen MR) is 80.5 cm³/mol. The Kier molecular flexibility index (Phi) is 5.45. The van der Waals surface area contributed by atoms with Gasteiger partial charge in [0, 0.05) is 42.8 Å². The van der Waals surface area contributed by atoms with Crippen molar-refractivity contribution in [3.63, 3.8) is 0 Å². The Morgan fingerprint density at radius 3 is 2.58 bits per heavy atom. The highest BCUT2D eigenvalue weighted by atomic mass is 35.5. The van der Waals surface area contributed by atoms with Crippen LogP contribution in [0.2, 0.25) is 10.0 Å². The van der Waals surface area contributed by atoms with Crippen molar-refractivity contribution in [1.29, 1.82) is 0 Å². The molecule has 1 aromatic rings. The van der Waals surface area contributed by atoms with Crippen LogP contribution in [0, 0.1) is 0 Å². The first-order chi connectivity index (χ1) is 9.10. The van der Waals surface area contributed by atoms with Gasteiger partial charge in [-0.3, -0.25) is 0 Å². The summed E-state index contributed by atoms with van der Waals surface area (Å²) in [4.78, 5) is 2.31. The van der Waals surface area contributed by atoms with E-state index in [1.807, 2.05) is 12.1 Å². The number of piperazine rings is 1. The summed E-state index contributed by atoms with van der Waals surface area (Å²) >= 11 is 12.3. The van der Waals surface area contributed by atoms with Gasteiger partial charge in [0.05, 0.1) is 6.04 Å². The molecule has 0 bridgehead atoms. The zero-order chi connectivity index (χ0) is 13.8. The molecule has 4 nitrogen and oxygen atoms in total. The van der Waals surface area contributed by atoms with E-state index in [1.54, 1.807) is 6.07 Å². The standard InChI is InChI=1S/C13H20Cl2N4/c1-18-4-6-19(7-5-18)17-13(9-16)11-8-10(14)2-3-12(11)15/h2-3,8,13,17H,4-7,9,16H2,1H3. The molecule has 0 radical (unpaired) electrons. The number of hydrogen-bond acceptors (Lipinski definition) is 4. The summed E-state index contributed by atoms with van der Waals surface area (Å²) in [5, 5.41) is 3.58. The van der Waals surface area contributed by atoms with E-state index in [9.17, 15) is 0 Å². The molecular weight excluding hydrogens is 283 g/mol. The summed E-state index contributed by atoms with van der Waals surface area (Å²) in [6, 6.07) is 5.48. The average Bonchev–Trinajstić information content (AvgIpc) is 2.41. The number of nitrogens with two attached hydrogens (primary N) is 1. The van der Waals surface area contributed by atoms with E-state index in [2.05, 4.69) is 22.4 Å². The maximum Gasteiger partial charge on any atom is 0.0602 e. The maximum atomic E-state index is 6.23. The van der Waals surface area contributed by atoms with Gasteiger partial charge < -0.3 is 10.6 Å². The summed E-state index contributed by atoms with van der Waals surface area (Å²) in [7, 11) is 2.13. The largest absolute Gasteiger partial charge is 0.329 e. The zero-order valence-corrected chi connectivity index (χ0v) is 12.6. The van der Waals surface area contributed by atoms with Crippen molar-refractivity contribution < 1.29 is 0 Å². The van der Waals surface area contributed by atoms with Crippen LogP contribution in [0.3, 0.4) is 0 Å².